The van der Waals surface area contributed by atoms with E-state index in [0.29, 0.717) is 48.5 Å². The number of hydrogen-bond acceptors (Lipinski definition) is 5. The molecule has 0 aliphatic carbocycles. The van der Waals surface area contributed by atoms with Crippen LogP contribution in [-0.2, 0) is 11.2 Å². The Bertz CT molecular complexity index is 1260. The summed E-state index contributed by atoms with van der Waals surface area (Å²) in [5.41, 5.74) is 3.32. The zero-order valence-electron chi connectivity index (χ0n) is 19.6. The normalized spacial score (nSPS) is 13.7. The van der Waals surface area contributed by atoms with Crippen molar-refractivity contribution in [1.29, 1.82) is 0 Å². The number of nitro groups is 1. The molecule has 0 radical (unpaired) electrons. The van der Waals surface area contributed by atoms with Crippen molar-refractivity contribution in [3.05, 3.63) is 104 Å². The van der Waals surface area contributed by atoms with E-state index in [1.54, 1.807) is 35.2 Å². The summed E-state index contributed by atoms with van der Waals surface area (Å²) in [5, 5.41) is 15.8. The summed E-state index contributed by atoms with van der Waals surface area (Å²) < 4.78 is 0. The van der Waals surface area contributed by atoms with E-state index in [1.807, 2.05) is 36.4 Å². The maximum atomic E-state index is 12.7. The number of nitrogens with one attached hydrogen (secondary N) is 1. The van der Waals surface area contributed by atoms with E-state index < -0.39 is 0 Å². The molecule has 1 N–H and O–H groups in total. The lowest BCUT2D eigenvalue weighted by atomic mass is 10.1. The molecule has 0 spiro atoms. The van der Waals surface area contributed by atoms with Gasteiger partial charge in [-0.25, -0.2) is 0 Å². The monoisotopic (exact) mass is 524 g/mol. The van der Waals surface area contributed by atoms with Gasteiger partial charge < -0.3 is 15.1 Å². The Morgan fingerprint density at radius 3 is 2.44 bits per heavy atom. The fraction of sp³-hybridized carbons (Fsp3) is 0.222. The van der Waals surface area contributed by atoms with Crippen LogP contribution in [0, 0.1) is 10.1 Å². The predicted octanol–water partition coefficient (Wildman–Crippen LogP) is 5.92. The molecule has 0 saturated carbocycles. The molecule has 1 amide bonds. The number of amides is 1. The Morgan fingerprint density at radius 2 is 1.75 bits per heavy atom. The average Bonchev–Trinajstić information content (AvgIpc) is 2.88. The van der Waals surface area contributed by atoms with Crippen molar-refractivity contribution in [3.8, 4) is 0 Å². The van der Waals surface area contributed by atoms with Crippen molar-refractivity contribution >= 4 is 52.2 Å². The van der Waals surface area contributed by atoms with Gasteiger partial charge in [-0.3, -0.25) is 14.9 Å². The molecule has 3 aromatic rings. The highest BCUT2D eigenvalue weighted by Crippen LogP contribution is 2.30. The summed E-state index contributed by atoms with van der Waals surface area (Å²) in [6.45, 7) is 2.93. The summed E-state index contributed by atoms with van der Waals surface area (Å²) in [7, 11) is 0. The fourth-order valence-electron chi connectivity index (χ4n) is 4.10. The molecule has 186 valence electrons. The van der Waals surface area contributed by atoms with Gasteiger partial charge in [-0.05, 0) is 47.9 Å². The first-order valence-electron chi connectivity index (χ1n) is 11.6. The Labute approximate surface area is 220 Å². The first-order valence-corrected chi connectivity index (χ1v) is 12.4. The van der Waals surface area contributed by atoms with Crippen LogP contribution in [0.4, 0.5) is 17.1 Å². The molecule has 1 aliphatic heterocycles. The molecule has 1 fully saturated rings. The van der Waals surface area contributed by atoms with Crippen LogP contribution in [0.5, 0.6) is 0 Å². The number of benzene rings is 3. The third kappa shape index (κ3) is 6.56. The molecule has 1 saturated heterocycles. The number of carbonyl (C=O) groups excluding carboxylic acids is 1. The average molecular weight is 525 g/mol. The maximum Gasteiger partial charge on any atom is 0.292 e. The number of carbonyl (C=O) groups is 1. The highest BCUT2D eigenvalue weighted by molar-refractivity contribution is 6.35. The van der Waals surface area contributed by atoms with Crippen molar-refractivity contribution in [3.63, 3.8) is 0 Å². The lowest BCUT2D eigenvalue weighted by molar-refractivity contribution is -0.383. The van der Waals surface area contributed by atoms with Crippen LogP contribution in [0.25, 0.3) is 6.08 Å². The second-order valence-corrected chi connectivity index (χ2v) is 9.28. The number of piperazine rings is 1. The minimum absolute atomic E-state index is 0.0478. The quantitative estimate of drug-likeness (QED) is 0.225. The minimum Gasteiger partial charge on any atom is -0.379 e. The van der Waals surface area contributed by atoms with Gasteiger partial charge in [-0.15, -0.1) is 0 Å². The fourth-order valence-corrected chi connectivity index (χ4v) is 4.57. The number of nitro benzene ring substituents is 1. The Kier molecular flexibility index (Phi) is 8.46. The van der Waals surface area contributed by atoms with Crippen LogP contribution < -0.4 is 10.2 Å². The third-order valence-electron chi connectivity index (χ3n) is 6.07. The maximum absolute atomic E-state index is 12.7. The van der Waals surface area contributed by atoms with Crippen LogP contribution in [0.1, 0.15) is 11.1 Å². The second-order valence-electron chi connectivity index (χ2n) is 8.43. The molecule has 0 aromatic heterocycles. The molecule has 0 unspecified atom stereocenters. The summed E-state index contributed by atoms with van der Waals surface area (Å²) in [4.78, 5) is 27.8. The van der Waals surface area contributed by atoms with Crippen molar-refractivity contribution < 1.29 is 9.72 Å². The second kappa shape index (κ2) is 11.9. The van der Waals surface area contributed by atoms with Gasteiger partial charge in [0.05, 0.1) is 4.92 Å². The van der Waals surface area contributed by atoms with Gasteiger partial charge in [-0.2, -0.15) is 0 Å². The molecule has 9 heteroatoms. The van der Waals surface area contributed by atoms with Gasteiger partial charge in [0.1, 0.15) is 5.69 Å². The van der Waals surface area contributed by atoms with E-state index in [4.69, 9.17) is 23.2 Å². The Morgan fingerprint density at radius 1 is 1.00 bits per heavy atom. The Hall–Kier alpha value is -3.55. The number of nitrogens with zero attached hydrogens (tertiary/aromatic N) is 3. The van der Waals surface area contributed by atoms with Crippen LogP contribution in [-0.4, -0.2) is 48.5 Å². The van der Waals surface area contributed by atoms with Crippen molar-refractivity contribution in [2.24, 2.45) is 0 Å². The first kappa shape index (κ1) is 25.5. The van der Waals surface area contributed by atoms with Gasteiger partial charge in [0.15, 0.2) is 0 Å². The lowest BCUT2D eigenvalue weighted by Gasteiger charge is -2.35. The van der Waals surface area contributed by atoms with E-state index in [2.05, 4.69) is 10.2 Å². The molecule has 36 heavy (non-hydrogen) atoms. The van der Waals surface area contributed by atoms with Crippen LogP contribution in [0.3, 0.4) is 0 Å². The van der Waals surface area contributed by atoms with Gasteiger partial charge >= 0.3 is 0 Å². The van der Waals surface area contributed by atoms with Crippen molar-refractivity contribution in [1.82, 2.24) is 4.90 Å². The number of hydrogen-bond donors (Lipinski definition) is 1. The number of halogens is 2. The van der Waals surface area contributed by atoms with Crippen LogP contribution in [0.2, 0.25) is 10.0 Å². The molecule has 3 aromatic carbocycles. The highest BCUT2D eigenvalue weighted by atomic mass is 35.5. The first-order chi connectivity index (χ1) is 17.4. The smallest absolute Gasteiger partial charge is 0.292 e. The largest absolute Gasteiger partial charge is 0.379 e. The standard InChI is InChI=1S/C27H26Cl2N4O3/c28-22-8-6-21(24(29)18-22)7-11-27(34)32-16-14-31(15-17-32)23-9-10-26(33(35)36)25(19-23)30-13-12-20-4-2-1-3-5-20/h1-11,18-19,30H,12-17H2/b11-7+. The Balaban J connectivity index is 1.36. The van der Waals surface area contributed by atoms with Crippen molar-refractivity contribution in [2.75, 3.05) is 42.9 Å². The zero-order valence-corrected chi connectivity index (χ0v) is 21.1. The molecule has 1 aliphatic rings. The summed E-state index contributed by atoms with van der Waals surface area (Å²) in [6.07, 6.45) is 3.97. The van der Waals surface area contributed by atoms with E-state index in [-0.39, 0.29) is 16.5 Å². The van der Waals surface area contributed by atoms with Gasteiger partial charge in [0.25, 0.3) is 5.69 Å². The third-order valence-corrected chi connectivity index (χ3v) is 6.64. The van der Waals surface area contributed by atoms with Crippen LogP contribution >= 0.6 is 23.2 Å². The highest BCUT2D eigenvalue weighted by Gasteiger charge is 2.22. The topological polar surface area (TPSA) is 78.7 Å². The van der Waals surface area contributed by atoms with E-state index in [1.165, 1.54) is 12.1 Å². The summed E-state index contributed by atoms with van der Waals surface area (Å²) in [5.74, 6) is -0.0902. The molecule has 7 nitrogen and oxygen atoms in total. The van der Waals surface area contributed by atoms with Crippen molar-refractivity contribution in [2.45, 2.75) is 6.42 Å². The van der Waals surface area contributed by atoms with Gasteiger partial charge in [-0.1, -0.05) is 59.6 Å². The summed E-state index contributed by atoms with van der Waals surface area (Å²) >= 11 is 12.1. The van der Waals surface area contributed by atoms with Gasteiger partial charge in [0, 0.05) is 60.6 Å². The predicted molar refractivity (Wildman–Crippen MR) is 146 cm³/mol. The molecule has 4 rings (SSSR count). The SMILES string of the molecule is O=C(/C=C/c1ccc(Cl)cc1Cl)N1CCN(c2ccc([N+](=O)[O-])c(NCCc3ccccc3)c2)CC1. The number of anilines is 2. The number of rotatable bonds is 8. The van der Waals surface area contributed by atoms with E-state index in [9.17, 15) is 14.9 Å². The zero-order chi connectivity index (χ0) is 25.5. The van der Waals surface area contributed by atoms with Crippen LogP contribution in [0.15, 0.2) is 72.8 Å². The molecule has 1 heterocycles. The molecule has 0 bridgehead atoms. The van der Waals surface area contributed by atoms with E-state index >= 15 is 0 Å². The molecular formula is C27H26Cl2N4O3. The summed E-state index contributed by atoms with van der Waals surface area (Å²) in [6, 6.07) is 20.2. The lowest BCUT2D eigenvalue weighted by Crippen LogP contribution is -2.48. The van der Waals surface area contributed by atoms with Gasteiger partial charge in [0.2, 0.25) is 5.91 Å². The van der Waals surface area contributed by atoms with E-state index in [0.717, 1.165) is 23.2 Å². The molecule has 0 atom stereocenters. The minimum atomic E-state index is -0.371. The molecular weight excluding hydrogens is 499 g/mol.